The van der Waals surface area contributed by atoms with Crippen LogP contribution in [-0.2, 0) is 6.42 Å². The molecule has 0 aliphatic carbocycles. The van der Waals surface area contributed by atoms with Gasteiger partial charge in [0.25, 0.3) is 0 Å². The first-order valence-electron chi connectivity index (χ1n) is 3.50. The van der Waals surface area contributed by atoms with Crippen LogP contribution < -0.4 is 0 Å². The van der Waals surface area contributed by atoms with Crippen molar-refractivity contribution in [2.75, 3.05) is 0 Å². The van der Waals surface area contributed by atoms with Gasteiger partial charge in [0.1, 0.15) is 5.75 Å². The maximum atomic E-state index is 9.37. The average Bonchev–Trinajstić information content (AvgIpc) is 2.01. The maximum absolute atomic E-state index is 9.37. The van der Waals surface area contributed by atoms with Crippen molar-refractivity contribution < 1.29 is 5.11 Å². The molecule has 0 bridgehead atoms. The van der Waals surface area contributed by atoms with Gasteiger partial charge >= 0.3 is 0 Å². The lowest BCUT2D eigenvalue weighted by atomic mass is 10.1. The number of phenolic OH excluding ortho intramolecular Hbond substituents is 1. The Morgan fingerprint density at radius 2 is 2.25 bits per heavy atom. The third-order valence-corrected chi connectivity index (χ3v) is 2.20. The summed E-state index contributed by atoms with van der Waals surface area (Å²) in [5, 5.41) is 17.8. The minimum atomic E-state index is 0.247. The molecule has 12 heavy (non-hydrogen) atoms. The molecular formula is C9H8BrNO. The van der Waals surface area contributed by atoms with Gasteiger partial charge in [-0.2, -0.15) is 5.26 Å². The third-order valence-electron chi connectivity index (χ3n) is 1.60. The molecule has 0 unspecified atom stereocenters. The highest BCUT2D eigenvalue weighted by Crippen LogP contribution is 2.28. The molecule has 0 aliphatic heterocycles. The highest BCUT2D eigenvalue weighted by atomic mass is 79.9. The van der Waals surface area contributed by atoms with Crippen molar-refractivity contribution in [1.29, 1.82) is 5.26 Å². The monoisotopic (exact) mass is 225 g/mol. The fourth-order valence-electron chi connectivity index (χ4n) is 1.00. The molecule has 3 heteroatoms. The summed E-state index contributed by atoms with van der Waals surface area (Å²) in [5.41, 5.74) is 1.70. The summed E-state index contributed by atoms with van der Waals surface area (Å²) in [4.78, 5) is 0. The van der Waals surface area contributed by atoms with Gasteiger partial charge in [-0.05, 0) is 40.0 Å². The van der Waals surface area contributed by atoms with Crippen LogP contribution in [0.2, 0.25) is 0 Å². The Bertz CT molecular complexity index is 318. The number of hydrogen-bond acceptors (Lipinski definition) is 2. The van der Waals surface area contributed by atoms with E-state index in [-0.39, 0.29) is 5.75 Å². The van der Waals surface area contributed by atoms with Crippen LogP contribution in [0.3, 0.4) is 0 Å². The van der Waals surface area contributed by atoms with Crippen LogP contribution in [0, 0.1) is 18.3 Å². The van der Waals surface area contributed by atoms with Crippen molar-refractivity contribution in [3.63, 3.8) is 0 Å². The van der Waals surface area contributed by atoms with Gasteiger partial charge in [-0.15, -0.1) is 0 Å². The van der Waals surface area contributed by atoms with E-state index in [1.807, 2.05) is 6.07 Å². The summed E-state index contributed by atoms with van der Waals surface area (Å²) >= 11 is 3.21. The second kappa shape index (κ2) is 3.59. The highest BCUT2D eigenvalue weighted by Gasteiger charge is 2.03. The SMILES string of the molecule is Cc1cc(CC#N)cc(Br)c1O. The number of nitrogens with zero attached hydrogens (tertiary/aromatic N) is 1. The van der Waals surface area contributed by atoms with E-state index in [0.29, 0.717) is 10.9 Å². The second-order valence-corrected chi connectivity index (χ2v) is 3.43. The Hall–Kier alpha value is -1.01. The van der Waals surface area contributed by atoms with E-state index < -0.39 is 0 Å². The number of phenols is 1. The minimum Gasteiger partial charge on any atom is -0.506 e. The number of hydrogen-bond donors (Lipinski definition) is 1. The van der Waals surface area contributed by atoms with E-state index in [4.69, 9.17) is 5.26 Å². The van der Waals surface area contributed by atoms with E-state index in [1.165, 1.54) is 0 Å². The predicted octanol–water partition coefficient (Wildman–Crippen LogP) is 2.53. The molecular weight excluding hydrogens is 218 g/mol. The normalized spacial score (nSPS) is 9.42. The Kier molecular flexibility index (Phi) is 2.72. The second-order valence-electron chi connectivity index (χ2n) is 2.58. The van der Waals surface area contributed by atoms with Crippen LogP contribution in [0.15, 0.2) is 16.6 Å². The third kappa shape index (κ3) is 1.77. The van der Waals surface area contributed by atoms with E-state index in [2.05, 4.69) is 22.0 Å². The average molecular weight is 226 g/mol. The summed E-state index contributed by atoms with van der Waals surface area (Å²) in [6.45, 7) is 1.81. The number of rotatable bonds is 1. The van der Waals surface area contributed by atoms with Gasteiger partial charge in [-0.1, -0.05) is 6.07 Å². The Balaban J connectivity index is 3.14. The minimum absolute atomic E-state index is 0.247. The van der Waals surface area contributed by atoms with E-state index in [0.717, 1.165) is 11.1 Å². The summed E-state index contributed by atoms with van der Waals surface area (Å²) in [5.74, 6) is 0.247. The fourth-order valence-corrected chi connectivity index (χ4v) is 1.61. The molecule has 0 fully saturated rings. The fraction of sp³-hybridized carbons (Fsp3) is 0.222. The van der Waals surface area contributed by atoms with Crippen molar-refractivity contribution in [2.45, 2.75) is 13.3 Å². The molecule has 0 amide bonds. The first-order valence-corrected chi connectivity index (χ1v) is 4.29. The molecule has 1 N–H and O–H groups in total. The first-order chi connectivity index (χ1) is 5.65. The summed E-state index contributed by atoms with van der Waals surface area (Å²) in [6.07, 6.45) is 0.375. The van der Waals surface area contributed by atoms with Gasteiger partial charge in [0, 0.05) is 0 Å². The molecule has 0 spiro atoms. The van der Waals surface area contributed by atoms with E-state index in [1.54, 1.807) is 13.0 Å². The maximum Gasteiger partial charge on any atom is 0.132 e. The van der Waals surface area contributed by atoms with Crippen LogP contribution in [0.5, 0.6) is 5.75 Å². The number of halogens is 1. The number of aryl methyl sites for hydroxylation is 1. The molecule has 0 atom stereocenters. The van der Waals surface area contributed by atoms with Crippen molar-refractivity contribution in [3.8, 4) is 11.8 Å². The lowest BCUT2D eigenvalue weighted by molar-refractivity contribution is 0.467. The lowest BCUT2D eigenvalue weighted by Gasteiger charge is -2.03. The molecule has 0 aliphatic rings. The van der Waals surface area contributed by atoms with Gasteiger partial charge in [0.2, 0.25) is 0 Å². The molecule has 0 radical (unpaired) electrons. The topological polar surface area (TPSA) is 44.0 Å². The lowest BCUT2D eigenvalue weighted by Crippen LogP contribution is -1.84. The van der Waals surface area contributed by atoms with Gasteiger partial charge in [-0.3, -0.25) is 0 Å². The highest BCUT2D eigenvalue weighted by molar-refractivity contribution is 9.10. The van der Waals surface area contributed by atoms with Crippen molar-refractivity contribution >= 4 is 15.9 Å². The van der Waals surface area contributed by atoms with E-state index in [9.17, 15) is 5.11 Å². The first kappa shape index (κ1) is 9.08. The van der Waals surface area contributed by atoms with Gasteiger partial charge in [0.05, 0.1) is 17.0 Å². The molecule has 1 rings (SSSR count). The molecule has 0 saturated carbocycles. The quantitative estimate of drug-likeness (QED) is 0.799. The van der Waals surface area contributed by atoms with Crippen LogP contribution >= 0.6 is 15.9 Å². The molecule has 0 heterocycles. The Morgan fingerprint density at radius 1 is 1.58 bits per heavy atom. The van der Waals surface area contributed by atoms with Crippen molar-refractivity contribution in [1.82, 2.24) is 0 Å². The largest absolute Gasteiger partial charge is 0.506 e. The van der Waals surface area contributed by atoms with Crippen LogP contribution in [-0.4, -0.2) is 5.11 Å². The zero-order valence-electron chi connectivity index (χ0n) is 6.63. The smallest absolute Gasteiger partial charge is 0.132 e. The van der Waals surface area contributed by atoms with Crippen LogP contribution in [0.25, 0.3) is 0 Å². The van der Waals surface area contributed by atoms with Gasteiger partial charge in [0.15, 0.2) is 0 Å². The standard InChI is InChI=1S/C9H8BrNO/c1-6-4-7(2-3-11)5-8(10)9(6)12/h4-5,12H,2H2,1H3. The van der Waals surface area contributed by atoms with Crippen molar-refractivity contribution in [3.05, 3.63) is 27.7 Å². The van der Waals surface area contributed by atoms with Gasteiger partial charge < -0.3 is 5.11 Å². The summed E-state index contributed by atoms with van der Waals surface area (Å²) in [6, 6.07) is 5.62. The molecule has 0 saturated heterocycles. The number of nitriles is 1. The zero-order chi connectivity index (χ0) is 9.14. The number of benzene rings is 1. The molecule has 1 aromatic carbocycles. The van der Waals surface area contributed by atoms with Crippen LogP contribution in [0.1, 0.15) is 11.1 Å². The van der Waals surface area contributed by atoms with Crippen molar-refractivity contribution in [2.24, 2.45) is 0 Å². The number of aromatic hydroxyl groups is 1. The molecule has 0 aromatic heterocycles. The van der Waals surface area contributed by atoms with Crippen LogP contribution in [0.4, 0.5) is 0 Å². The zero-order valence-corrected chi connectivity index (χ0v) is 8.22. The summed E-state index contributed by atoms with van der Waals surface area (Å²) in [7, 11) is 0. The molecule has 62 valence electrons. The predicted molar refractivity (Wildman–Crippen MR) is 49.9 cm³/mol. The Labute approximate surface area is 79.6 Å². The Morgan fingerprint density at radius 3 is 2.75 bits per heavy atom. The molecule has 1 aromatic rings. The van der Waals surface area contributed by atoms with E-state index >= 15 is 0 Å². The molecule has 2 nitrogen and oxygen atoms in total. The summed E-state index contributed by atoms with van der Waals surface area (Å²) < 4.78 is 0.646. The van der Waals surface area contributed by atoms with Gasteiger partial charge in [-0.25, -0.2) is 0 Å².